The number of rotatable bonds is 9. The van der Waals surface area contributed by atoms with E-state index in [4.69, 9.17) is 14.2 Å². The molecule has 0 amide bonds. The van der Waals surface area contributed by atoms with Gasteiger partial charge in [-0.3, -0.25) is 19.0 Å². The molecule has 8 bridgehead atoms. The lowest BCUT2D eigenvalue weighted by Gasteiger charge is -2.55. The molecular formula is C31H40N4O6. The summed E-state index contributed by atoms with van der Waals surface area (Å²) in [6.45, 7) is 0.0895. The van der Waals surface area contributed by atoms with Crippen LogP contribution in [0.25, 0.3) is 11.2 Å². The summed E-state index contributed by atoms with van der Waals surface area (Å²) in [7, 11) is 0. The molecule has 2 heterocycles. The average molecular weight is 565 g/mol. The van der Waals surface area contributed by atoms with Crippen LogP contribution < -0.4 is 5.56 Å². The molecule has 0 saturated heterocycles. The zero-order valence-electron chi connectivity index (χ0n) is 23.6. The van der Waals surface area contributed by atoms with Crippen molar-refractivity contribution in [3.05, 3.63) is 23.0 Å². The maximum atomic E-state index is 13.6. The number of imidazole rings is 1. The lowest BCUT2D eigenvalue weighted by Crippen LogP contribution is -2.51. The summed E-state index contributed by atoms with van der Waals surface area (Å²) < 4.78 is 19.8. The van der Waals surface area contributed by atoms with E-state index in [-0.39, 0.29) is 53.8 Å². The highest BCUT2D eigenvalue weighted by atomic mass is 16.6. The van der Waals surface area contributed by atoms with Crippen molar-refractivity contribution in [3.63, 3.8) is 0 Å². The van der Waals surface area contributed by atoms with Crippen molar-refractivity contribution in [1.82, 2.24) is 19.5 Å². The Hall–Kier alpha value is -2.75. The van der Waals surface area contributed by atoms with E-state index in [0.717, 1.165) is 38.5 Å². The molecule has 0 aliphatic heterocycles. The van der Waals surface area contributed by atoms with Crippen molar-refractivity contribution in [2.75, 3.05) is 13.2 Å². The quantitative estimate of drug-likeness (QED) is 0.454. The molecule has 8 aliphatic carbocycles. The van der Waals surface area contributed by atoms with Crippen LogP contribution in [0.3, 0.4) is 0 Å². The van der Waals surface area contributed by atoms with Crippen LogP contribution in [-0.4, -0.2) is 50.8 Å². The standard InChI is InChI=1S/C31H40N4O6/c36-27-25-26(32-15-33-27)35(16-34-25)17-41-24(13-39-28(37)30-7-18-1-19(8-30)3-20(2-18)9-30)14-40-29(38)31-10-21-4-22(11-31)6-23(5-21)12-31/h15-16,18-24H,1-14,17H2,(H,32,33,36). The molecule has 2 aromatic rings. The van der Waals surface area contributed by atoms with Gasteiger partial charge in [-0.05, 0) is 113 Å². The summed E-state index contributed by atoms with van der Waals surface area (Å²) in [5.41, 5.74) is -0.404. The van der Waals surface area contributed by atoms with Crippen LogP contribution in [0.5, 0.6) is 0 Å². The number of esters is 2. The predicted octanol–water partition coefficient (Wildman–Crippen LogP) is 3.98. The van der Waals surface area contributed by atoms with E-state index in [1.165, 1.54) is 51.2 Å². The number of carbonyl (C=O) groups excluding carboxylic acids is 2. The van der Waals surface area contributed by atoms with Gasteiger partial charge in [0.2, 0.25) is 0 Å². The molecule has 220 valence electrons. The van der Waals surface area contributed by atoms with E-state index in [1.54, 1.807) is 4.57 Å². The highest BCUT2D eigenvalue weighted by Crippen LogP contribution is 2.61. The molecule has 0 spiro atoms. The fraction of sp³-hybridized carbons (Fsp3) is 0.774. The first-order chi connectivity index (χ1) is 19.9. The van der Waals surface area contributed by atoms with Gasteiger partial charge in [0, 0.05) is 0 Å². The van der Waals surface area contributed by atoms with Gasteiger partial charge in [0.15, 0.2) is 11.2 Å². The first-order valence-corrected chi connectivity index (χ1v) is 15.7. The van der Waals surface area contributed by atoms with Crippen LogP contribution in [-0.2, 0) is 30.5 Å². The third-order valence-corrected chi connectivity index (χ3v) is 11.6. The second-order valence-electron chi connectivity index (χ2n) is 14.6. The van der Waals surface area contributed by atoms with E-state index in [0.29, 0.717) is 41.2 Å². The molecule has 8 saturated carbocycles. The van der Waals surface area contributed by atoms with Crippen LogP contribution in [0, 0.1) is 46.3 Å². The van der Waals surface area contributed by atoms with Crippen LogP contribution >= 0.6 is 0 Å². The zero-order valence-corrected chi connectivity index (χ0v) is 23.6. The summed E-state index contributed by atoms with van der Waals surface area (Å²) in [5, 5.41) is 0. The Bertz CT molecular complexity index is 1280. The molecular weight excluding hydrogens is 524 g/mol. The second-order valence-corrected chi connectivity index (χ2v) is 14.6. The van der Waals surface area contributed by atoms with E-state index >= 15 is 0 Å². The van der Waals surface area contributed by atoms with Gasteiger partial charge < -0.3 is 19.2 Å². The number of H-pyrrole nitrogens is 1. The molecule has 10 heteroatoms. The second kappa shape index (κ2) is 9.64. The fourth-order valence-electron chi connectivity index (χ4n) is 10.7. The minimum atomic E-state index is -0.634. The Kier molecular flexibility index (Phi) is 6.10. The van der Waals surface area contributed by atoms with Gasteiger partial charge in [0.1, 0.15) is 26.0 Å². The van der Waals surface area contributed by atoms with Gasteiger partial charge in [-0.15, -0.1) is 0 Å². The van der Waals surface area contributed by atoms with E-state index in [9.17, 15) is 14.4 Å². The number of fused-ring (bicyclic) bond motifs is 1. The van der Waals surface area contributed by atoms with Crippen molar-refractivity contribution >= 4 is 23.1 Å². The van der Waals surface area contributed by atoms with Gasteiger partial charge in [-0.2, -0.15) is 0 Å². The molecule has 41 heavy (non-hydrogen) atoms. The van der Waals surface area contributed by atoms with E-state index < -0.39 is 6.10 Å². The predicted molar refractivity (Wildman–Crippen MR) is 146 cm³/mol. The summed E-state index contributed by atoms with van der Waals surface area (Å²) >= 11 is 0. The molecule has 0 aromatic carbocycles. The Morgan fingerprint density at radius 1 is 0.805 bits per heavy atom. The number of nitrogens with one attached hydrogen (secondary N) is 1. The lowest BCUT2D eigenvalue weighted by molar-refractivity contribution is -0.184. The summed E-state index contributed by atoms with van der Waals surface area (Å²) in [6, 6.07) is 0. The topological polar surface area (TPSA) is 125 Å². The zero-order chi connectivity index (χ0) is 27.8. The molecule has 8 aliphatic rings. The molecule has 2 aromatic heterocycles. The Balaban J connectivity index is 0.960. The van der Waals surface area contributed by atoms with Crippen molar-refractivity contribution in [1.29, 1.82) is 0 Å². The van der Waals surface area contributed by atoms with Gasteiger partial charge in [-0.25, -0.2) is 9.97 Å². The first kappa shape index (κ1) is 25.9. The normalized spacial score (nSPS) is 38.8. The van der Waals surface area contributed by atoms with Crippen LogP contribution in [0.15, 0.2) is 17.4 Å². The monoisotopic (exact) mass is 564 g/mol. The highest BCUT2D eigenvalue weighted by molar-refractivity contribution is 5.78. The Morgan fingerprint density at radius 2 is 1.27 bits per heavy atom. The molecule has 1 N–H and O–H groups in total. The molecule has 10 nitrogen and oxygen atoms in total. The van der Waals surface area contributed by atoms with Gasteiger partial charge in [-0.1, -0.05) is 0 Å². The third kappa shape index (κ3) is 4.51. The van der Waals surface area contributed by atoms with Crippen molar-refractivity contribution < 1.29 is 23.8 Å². The number of ether oxygens (including phenoxy) is 3. The van der Waals surface area contributed by atoms with Crippen molar-refractivity contribution in [2.45, 2.75) is 89.9 Å². The SMILES string of the molecule is O=C(OCC(COC(=O)C12CC3CC(CC(C3)C1)C2)OCn1cnc2c(=O)[nH]cnc21)C12CC3CC(CC(C3)C1)C2. The molecule has 8 fully saturated rings. The van der Waals surface area contributed by atoms with Crippen molar-refractivity contribution in [2.24, 2.45) is 46.3 Å². The number of aromatic nitrogens is 4. The molecule has 0 radical (unpaired) electrons. The number of aromatic amines is 1. The Morgan fingerprint density at radius 3 is 1.73 bits per heavy atom. The number of carbonyl (C=O) groups is 2. The summed E-state index contributed by atoms with van der Waals surface area (Å²) in [6.07, 6.45) is 15.4. The summed E-state index contributed by atoms with van der Waals surface area (Å²) in [5.74, 6) is 3.65. The minimum Gasteiger partial charge on any atom is -0.462 e. The van der Waals surface area contributed by atoms with E-state index in [1.807, 2.05) is 0 Å². The van der Waals surface area contributed by atoms with Crippen molar-refractivity contribution in [3.8, 4) is 0 Å². The third-order valence-electron chi connectivity index (χ3n) is 11.6. The fourth-order valence-corrected chi connectivity index (χ4v) is 10.7. The molecule has 0 unspecified atom stereocenters. The summed E-state index contributed by atoms with van der Waals surface area (Å²) in [4.78, 5) is 50.1. The first-order valence-electron chi connectivity index (χ1n) is 15.7. The Labute approximate surface area is 238 Å². The van der Waals surface area contributed by atoms with Crippen LogP contribution in [0.4, 0.5) is 0 Å². The van der Waals surface area contributed by atoms with Gasteiger partial charge in [0.25, 0.3) is 5.56 Å². The smallest absolute Gasteiger partial charge is 0.312 e. The number of hydrogen-bond donors (Lipinski definition) is 1. The van der Waals surface area contributed by atoms with Gasteiger partial charge in [0.05, 0.1) is 23.5 Å². The number of nitrogens with zero attached hydrogens (tertiary/aromatic N) is 3. The molecule has 0 atom stereocenters. The largest absolute Gasteiger partial charge is 0.462 e. The van der Waals surface area contributed by atoms with E-state index in [2.05, 4.69) is 15.0 Å². The maximum Gasteiger partial charge on any atom is 0.312 e. The molecule has 10 rings (SSSR count). The van der Waals surface area contributed by atoms with Crippen LogP contribution in [0.1, 0.15) is 77.0 Å². The van der Waals surface area contributed by atoms with Crippen LogP contribution in [0.2, 0.25) is 0 Å². The lowest BCUT2D eigenvalue weighted by atomic mass is 9.49. The average Bonchev–Trinajstić information content (AvgIpc) is 3.35. The van der Waals surface area contributed by atoms with Gasteiger partial charge >= 0.3 is 11.9 Å². The minimum absolute atomic E-state index is 0.0232. The number of hydrogen-bond acceptors (Lipinski definition) is 8. The highest BCUT2D eigenvalue weighted by Gasteiger charge is 2.57. The maximum absolute atomic E-state index is 13.6.